The molecule has 4 rings (SSSR count). The molecule has 146 valence electrons. The van der Waals surface area contributed by atoms with Gasteiger partial charge in [-0.05, 0) is 29.8 Å². The minimum absolute atomic E-state index is 0.0324. The number of methoxy groups -OCH3 is 1. The van der Waals surface area contributed by atoms with Crippen molar-refractivity contribution < 1.29 is 14.3 Å². The monoisotopic (exact) mass is 380 g/mol. The number of amides is 1. The van der Waals surface area contributed by atoms with Gasteiger partial charge in [-0.1, -0.05) is 24.3 Å². The highest BCUT2D eigenvalue weighted by molar-refractivity contribution is 5.92. The Hall–Kier alpha value is -2.90. The van der Waals surface area contributed by atoms with Gasteiger partial charge in [0.1, 0.15) is 5.75 Å². The van der Waals surface area contributed by atoms with E-state index in [9.17, 15) is 4.79 Å². The van der Waals surface area contributed by atoms with E-state index in [2.05, 4.69) is 15.6 Å². The first-order valence-corrected chi connectivity index (χ1v) is 9.42. The third-order valence-electron chi connectivity index (χ3n) is 4.81. The molecule has 2 N–H and O–H groups in total. The molecule has 1 atom stereocenters. The minimum atomic E-state index is -0.0785. The van der Waals surface area contributed by atoms with Crippen molar-refractivity contribution in [3.05, 3.63) is 54.1 Å². The largest absolute Gasteiger partial charge is 0.497 e. The van der Waals surface area contributed by atoms with Gasteiger partial charge in [0.2, 0.25) is 11.9 Å². The first-order valence-electron chi connectivity index (χ1n) is 9.42. The second kappa shape index (κ2) is 8.41. The zero-order chi connectivity index (χ0) is 19.3. The van der Waals surface area contributed by atoms with E-state index in [1.807, 2.05) is 53.1 Å². The molecule has 1 aliphatic rings. The predicted molar refractivity (Wildman–Crippen MR) is 108 cm³/mol. The van der Waals surface area contributed by atoms with Gasteiger partial charge in [0.05, 0.1) is 37.9 Å². The predicted octanol–water partition coefficient (Wildman–Crippen LogP) is 2.41. The Morgan fingerprint density at radius 2 is 2.21 bits per heavy atom. The smallest absolute Gasteiger partial charge is 0.228 e. The van der Waals surface area contributed by atoms with Gasteiger partial charge in [-0.25, -0.2) is 4.98 Å². The summed E-state index contributed by atoms with van der Waals surface area (Å²) in [6.07, 6.45) is 0.350. The molecule has 0 bridgehead atoms. The summed E-state index contributed by atoms with van der Waals surface area (Å²) in [7, 11) is 1.65. The molecule has 7 heteroatoms. The van der Waals surface area contributed by atoms with Crippen LogP contribution in [0, 0.1) is 0 Å². The minimum Gasteiger partial charge on any atom is -0.497 e. The average molecular weight is 380 g/mol. The number of ether oxygens (including phenoxy) is 2. The third kappa shape index (κ3) is 4.16. The van der Waals surface area contributed by atoms with Gasteiger partial charge in [-0.2, -0.15) is 0 Å². The number of aromatic nitrogens is 2. The first-order chi connectivity index (χ1) is 13.7. The lowest BCUT2D eigenvalue weighted by atomic mass is 10.2. The van der Waals surface area contributed by atoms with Gasteiger partial charge in [0, 0.05) is 19.0 Å². The number of hydrogen-bond acceptors (Lipinski definition) is 5. The molecule has 0 radical (unpaired) electrons. The highest BCUT2D eigenvalue weighted by atomic mass is 16.5. The number of morpholine rings is 1. The van der Waals surface area contributed by atoms with Crippen molar-refractivity contribution >= 4 is 22.9 Å². The van der Waals surface area contributed by atoms with Crippen LogP contribution in [0.3, 0.4) is 0 Å². The Bertz CT molecular complexity index is 963. The number of rotatable bonds is 6. The second-order valence-corrected chi connectivity index (χ2v) is 6.84. The van der Waals surface area contributed by atoms with Crippen LogP contribution in [0.4, 0.5) is 5.95 Å². The molecule has 1 fully saturated rings. The molecule has 3 aromatic rings. The van der Waals surface area contributed by atoms with Crippen molar-refractivity contribution in [2.75, 3.05) is 32.2 Å². The number of nitrogens with one attached hydrogen (secondary N) is 2. The second-order valence-electron chi connectivity index (χ2n) is 6.84. The molecule has 0 spiro atoms. The highest BCUT2D eigenvalue weighted by Crippen LogP contribution is 2.23. The number of carbonyl (C=O) groups excluding carboxylic acids is 1. The van der Waals surface area contributed by atoms with E-state index in [-0.39, 0.29) is 11.9 Å². The van der Waals surface area contributed by atoms with Crippen LogP contribution in [0.2, 0.25) is 0 Å². The maximum atomic E-state index is 12.6. The molecule has 1 aromatic heterocycles. The van der Waals surface area contributed by atoms with E-state index in [1.54, 1.807) is 7.11 Å². The molecular formula is C21H24N4O3. The van der Waals surface area contributed by atoms with E-state index in [4.69, 9.17) is 9.47 Å². The maximum absolute atomic E-state index is 12.6. The Morgan fingerprint density at radius 1 is 1.32 bits per heavy atom. The van der Waals surface area contributed by atoms with Gasteiger partial charge in [0.15, 0.2) is 0 Å². The number of carbonyl (C=O) groups is 1. The molecule has 0 saturated carbocycles. The van der Waals surface area contributed by atoms with Crippen LogP contribution in [0.1, 0.15) is 12.0 Å². The van der Waals surface area contributed by atoms with Gasteiger partial charge in [-0.3, -0.25) is 10.1 Å². The highest BCUT2D eigenvalue weighted by Gasteiger charge is 2.19. The molecule has 1 unspecified atom stereocenters. The van der Waals surface area contributed by atoms with Gasteiger partial charge < -0.3 is 19.4 Å². The van der Waals surface area contributed by atoms with Crippen LogP contribution in [0.15, 0.2) is 48.5 Å². The topological polar surface area (TPSA) is 77.4 Å². The SMILES string of the molecule is COc1cccc(Cn2c(NC(=O)CC3COCCN3)nc3ccccc32)c1. The lowest BCUT2D eigenvalue weighted by Gasteiger charge is -2.23. The fraction of sp³-hybridized carbons (Fsp3) is 0.333. The van der Waals surface area contributed by atoms with Crippen molar-refractivity contribution in [3.8, 4) is 5.75 Å². The van der Waals surface area contributed by atoms with Crippen molar-refractivity contribution in [3.63, 3.8) is 0 Å². The van der Waals surface area contributed by atoms with Crippen LogP contribution in [-0.4, -0.2) is 48.4 Å². The zero-order valence-corrected chi connectivity index (χ0v) is 15.9. The number of hydrogen-bond donors (Lipinski definition) is 2. The number of para-hydroxylation sites is 2. The summed E-state index contributed by atoms with van der Waals surface area (Å²) in [6, 6.07) is 15.8. The van der Waals surface area contributed by atoms with Crippen molar-refractivity contribution in [2.45, 2.75) is 19.0 Å². The fourth-order valence-electron chi connectivity index (χ4n) is 3.43. The van der Waals surface area contributed by atoms with Crippen LogP contribution < -0.4 is 15.4 Å². The lowest BCUT2D eigenvalue weighted by molar-refractivity contribution is -0.117. The number of benzene rings is 2. The molecule has 1 aliphatic heterocycles. The standard InChI is InChI=1S/C21H24N4O3/c1-27-17-6-4-5-15(11-17)13-25-19-8-3-2-7-18(19)23-21(25)24-20(26)12-16-14-28-10-9-22-16/h2-8,11,16,22H,9-10,12-14H2,1H3,(H,23,24,26). The van der Waals surface area contributed by atoms with E-state index >= 15 is 0 Å². The van der Waals surface area contributed by atoms with E-state index in [0.717, 1.165) is 28.9 Å². The summed E-state index contributed by atoms with van der Waals surface area (Å²) < 4.78 is 12.8. The fourth-order valence-corrected chi connectivity index (χ4v) is 3.43. The number of anilines is 1. The summed E-state index contributed by atoms with van der Waals surface area (Å²) in [6.45, 7) is 2.59. The summed E-state index contributed by atoms with van der Waals surface area (Å²) in [5.41, 5.74) is 2.89. The van der Waals surface area contributed by atoms with Crippen molar-refractivity contribution in [2.24, 2.45) is 0 Å². The Labute approximate surface area is 163 Å². The Balaban J connectivity index is 1.58. The van der Waals surface area contributed by atoms with Crippen molar-refractivity contribution in [1.82, 2.24) is 14.9 Å². The van der Waals surface area contributed by atoms with Crippen molar-refractivity contribution in [1.29, 1.82) is 0 Å². The molecule has 1 saturated heterocycles. The Kier molecular flexibility index (Phi) is 5.55. The number of nitrogens with zero attached hydrogens (tertiary/aromatic N) is 2. The number of fused-ring (bicyclic) bond motifs is 1. The van der Waals surface area contributed by atoms with E-state index in [1.165, 1.54) is 0 Å². The average Bonchev–Trinajstić information content (AvgIpc) is 3.06. The molecule has 1 amide bonds. The summed E-state index contributed by atoms with van der Waals surface area (Å²) >= 11 is 0. The van der Waals surface area contributed by atoms with Crippen LogP contribution >= 0.6 is 0 Å². The van der Waals surface area contributed by atoms with E-state index < -0.39 is 0 Å². The maximum Gasteiger partial charge on any atom is 0.228 e. The molecule has 2 aromatic carbocycles. The molecule has 7 nitrogen and oxygen atoms in total. The Morgan fingerprint density at radius 3 is 3.04 bits per heavy atom. The van der Waals surface area contributed by atoms with Gasteiger partial charge in [0.25, 0.3) is 0 Å². The van der Waals surface area contributed by atoms with Gasteiger partial charge in [-0.15, -0.1) is 0 Å². The summed E-state index contributed by atoms with van der Waals surface area (Å²) in [5, 5.41) is 6.28. The van der Waals surface area contributed by atoms with Gasteiger partial charge >= 0.3 is 0 Å². The summed E-state index contributed by atoms with van der Waals surface area (Å²) in [4.78, 5) is 17.2. The third-order valence-corrected chi connectivity index (χ3v) is 4.81. The van der Waals surface area contributed by atoms with Crippen LogP contribution in [-0.2, 0) is 16.1 Å². The van der Waals surface area contributed by atoms with E-state index in [0.29, 0.717) is 32.1 Å². The normalized spacial score (nSPS) is 16.8. The zero-order valence-electron chi connectivity index (χ0n) is 15.9. The molecule has 2 heterocycles. The lowest BCUT2D eigenvalue weighted by Crippen LogP contribution is -2.43. The van der Waals surface area contributed by atoms with Crippen LogP contribution in [0.25, 0.3) is 11.0 Å². The summed E-state index contributed by atoms with van der Waals surface area (Å²) in [5.74, 6) is 1.27. The molecular weight excluding hydrogens is 356 g/mol. The molecule has 0 aliphatic carbocycles. The first kappa shape index (κ1) is 18.5. The van der Waals surface area contributed by atoms with Crippen LogP contribution in [0.5, 0.6) is 5.75 Å². The quantitative estimate of drug-likeness (QED) is 0.687. The molecule has 28 heavy (non-hydrogen) atoms. The number of imidazole rings is 1.